The topological polar surface area (TPSA) is 307 Å². The van der Waals surface area contributed by atoms with Crippen molar-refractivity contribution in [2.75, 3.05) is 26.4 Å². The summed E-state index contributed by atoms with van der Waals surface area (Å²) in [5.74, 6) is -0.238. The van der Waals surface area contributed by atoms with Crippen LogP contribution < -0.4 is 5.32 Å². The molecule has 19 heteroatoms. The van der Waals surface area contributed by atoms with Crippen molar-refractivity contribution in [1.82, 2.24) is 5.32 Å². The van der Waals surface area contributed by atoms with Crippen LogP contribution in [0, 0.1) is 0 Å². The average Bonchev–Trinajstić information content (AvgIpc) is 0.826. The number of aliphatic hydroxyl groups excluding tert-OH is 11. The minimum atomic E-state index is -1.97. The highest BCUT2D eigenvalue weighted by Gasteiger charge is 2.53. The van der Waals surface area contributed by atoms with Crippen LogP contribution in [-0.2, 0) is 33.2 Å². The van der Waals surface area contributed by atoms with E-state index in [9.17, 15) is 61.0 Å². The first-order valence-electron chi connectivity index (χ1n) is 37.8. The Balaban J connectivity index is 1.25. The van der Waals surface area contributed by atoms with Gasteiger partial charge >= 0.3 is 0 Å². The molecule has 12 N–H and O–H groups in total. The first-order chi connectivity index (χ1) is 44.3. The second-order valence-corrected chi connectivity index (χ2v) is 27.5. The third kappa shape index (κ3) is 36.3. The van der Waals surface area contributed by atoms with Gasteiger partial charge in [-0.25, -0.2) is 0 Å². The molecule has 3 aliphatic heterocycles. The van der Waals surface area contributed by atoms with Crippen molar-refractivity contribution >= 4 is 5.91 Å². The molecule has 0 aliphatic carbocycles. The smallest absolute Gasteiger partial charge is 0.220 e. The van der Waals surface area contributed by atoms with Crippen molar-refractivity contribution in [1.29, 1.82) is 0 Å². The molecule has 0 radical (unpaired) electrons. The fraction of sp³-hybridized carbons (Fsp3) is 0.986. The summed E-state index contributed by atoms with van der Waals surface area (Å²) in [6.07, 6.45) is 34.1. The Morgan fingerprint density at radius 1 is 0.352 bits per heavy atom. The highest BCUT2D eigenvalue weighted by molar-refractivity contribution is 5.76. The van der Waals surface area contributed by atoms with Crippen LogP contribution >= 0.6 is 0 Å². The third-order valence-electron chi connectivity index (χ3n) is 19.4. The Labute approximate surface area is 551 Å². The van der Waals surface area contributed by atoms with Crippen molar-refractivity contribution < 1.29 is 89.4 Å². The SMILES string of the molecule is CCCCCCCCCCCCCCCCCCCCCCCCCCCCCCCCCCCCCCCC(=O)NC(COC1OC(CO)C(OC2OC(CO)C(OC3OC(CO)C(O)C(O)C3O)C(O)C2O)C(O)C1O)C(O)CCCCCCCCCCC. The molecule has 91 heavy (non-hydrogen) atoms. The maximum atomic E-state index is 13.4. The number of carbonyl (C=O) groups excluding carboxylic acids is 1. The molecule has 540 valence electrons. The van der Waals surface area contributed by atoms with Gasteiger partial charge in [0.25, 0.3) is 0 Å². The molecule has 0 saturated carbocycles. The van der Waals surface area contributed by atoms with Gasteiger partial charge in [0.05, 0.1) is 38.6 Å². The predicted octanol–water partition coefficient (Wildman–Crippen LogP) is 11.1. The van der Waals surface area contributed by atoms with E-state index in [1.54, 1.807) is 0 Å². The Morgan fingerprint density at radius 2 is 0.626 bits per heavy atom. The normalized spacial score (nSPS) is 27.8. The van der Waals surface area contributed by atoms with E-state index < -0.39 is 124 Å². The highest BCUT2D eigenvalue weighted by Crippen LogP contribution is 2.33. The summed E-state index contributed by atoms with van der Waals surface area (Å²) in [4.78, 5) is 13.4. The number of nitrogens with one attached hydrogen (secondary N) is 1. The second kappa shape index (κ2) is 54.8. The number of hydrogen-bond donors (Lipinski definition) is 12. The van der Waals surface area contributed by atoms with Crippen LogP contribution in [0.2, 0.25) is 0 Å². The first-order valence-corrected chi connectivity index (χ1v) is 37.8. The van der Waals surface area contributed by atoms with Gasteiger partial charge in [-0.1, -0.05) is 303 Å². The summed E-state index contributed by atoms with van der Waals surface area (Å²) in [5.41, 5.74) is 0. The zero-order valence-corrected chi connectivity index (χ0v) is 57.4. The Morgan fingerprint density at radius 3 is 0.956 bits per heavy atom. The molecular formula is C72H139NO18. The molecule has 17 unspecified atom stereocenters. The van der Waals surface area contributed by atoms with Gasteiger partial charge in [0, 0.05) is 6.42 Å². The summed E-state index contributed by atoms with van der Waals surface area (Å²) in [6, 6.07) is -0.880. The largest absolute Gasteiger partial charge is 0.394 e. The molecule has 3 aliphatic rings. The molecule has 0 bridgehead atoms. The lowest BCUT2D eigenvalue weighted by atomic mass is 9.96. The predicted molar refractivity (Wildman–Crippen MR) is 356 cm³/mol. The lowest BCUT2D eigenvalue weighted by Crippen LogP contribution is -2.66. The zero-order valence-electron chi connectivity index (χ0n) is 57.4. The number of carbonyl (C=O) groups is 1. The standard InChI is InChI=1S/C72H139NO18/c1-3-5-7-9-11-13-14-15-16-17-18-19-20-21-22-23-24-25-26-27-28-29-30-31-32-33-34-35-36-37-38-39-40-42-44-46-48-50-60(78)73-55(56(77)49-47-45-43-41-12-10-8-6-4-2)54-86-70-66(84)63(81)68(58(52-75)88-70)91-72-67(85)64(82)69(59(53-76)89-72)90-71-65(83)62(80)61(79)57(51-74)87-71/h55-59,61-72,74-77,79-85H,3-54H2,1-2H3,(H,73,78). The van der Waals surface area contributed by atoms with E-state index in [0.717, 1.165) is 44.9 Å². The second-order valence-electron chi connectivity index (χ2n) is 27.5. The molecule has 0 aromatic rings. The molecule has 0 aromatic carbocycles. The van der Waals surface area contributed by atoms with Crippen molar-refractivity contribution in [3.8, 4) is 0 Å². The Hall–Kier alpha value is -1.21. The molecule has 0 spiro atoms. The van der Waals surface area contributed by atoms with E-state index in [1.807, 2.05) is 0 Å². The number of amides is 1. The molecule has 19 nitrogen and oxygen atoms in total. The molecule has 3 rings (SSSR count). The van der Waals surface area contributed by atoms with Crippen LogP contribution in [0.3, 0.4) is 0 Å². The van der Waals surface area contributed by atoms with Crippen LogP contribution in [0.1, 0.15) is 322 Å². The number of aliphatic hydroxyl groups is 11. The van der Waals surface area contributed by atoms with Crippen LogP contribution in [0.25, 0.3) is 0 Å². The van der Waals surface area contributed by atoms with E-state index in [-0.39, 0.29) is 18.9 Å². The summed E-state index contributed by atoms with van der Waals surface area (Å²) in [5, 5.41) is 120. The van der Waals surface area contributed by atoms with E-state index >= 15 is 0 Å². The molecule has 3 heterocycles. The molecule has 17 atom stereocenters. The summed E-state index contributed by atoms with van der Waals surface area (Å²) < 4.78 is 34.3. The molecule has 0 aromatic heterocycles. The van der Waals surface area contributed by atoms with Crippen LogP contribution in [0.5, 0.6) is 0 Å². The Bertz CT molecular complexity index is 1650. The minimum absolute atomic E-state index is 0.238. The third-order valence-corrected chi connectivity index (χ3v) is 19.4. The molecule has 3 fully saturated rings. The summed E-state index contributed by atoms with van der Waals surface area (Å²) in [7, 11) is 0. The number of unbranched alkanes of at least 4 members (excludes halogenated alkanes) is 44. The highest BCUT2D eigenvalue weighted by atomic mass is 16.8. The van der Waals surface area contributed by atoms with Gasteiger partial charge in [-0.3, -0.25) is 4.79 Å². The fourth-order valence-corrected chi connectivity index (χ4v) is 13.3. The van der Waals surface area contributed by atoms with Gasteiger partial charge in [0.15, 0.2) is 18.9 Å². The average molecular weight is 1310 g/mol. The fourth-order valence-electron chi connectivity index (χ4n) is 13.3. The van der Waals surface area contributed by atoms with Crippen LogP contribution in [0.15, 0.2) is 0 Å². The van der Waals surface area contributed by atoms with E-state index in [1.165, 1.54) is 244 Å². The quantitative estimate of drug-likeness (QED) is 0.0252. The van der Waals surface area contributed by atoms with Gasteiger partial charge in [-0.2, -0.15) is 0 Å². The zero-order chi connectivity index (χ0) is 66.1. The van der Waals surface area contributed by atoms with Gasteiger partial charge in [-0.15, -0.1) is 0 Å². The van der Waals surface area contributed by atoms with E-state index in [2.05, 4.69) is 19.2 Å². The van der Waals surface area contributed by atoms with Crippen LogP contribution in [-0.4, -0.2) is 193 Å². The van der Waals surface area contributed by atoms with E-state index in [0.29, 0.717) is 12.8 Å². The van der Waals surface area contributed by atoms with Crippen molar-refractivity contribution in [3.63, 3.8) is 0 Å². The van der Waals surface area contributed by atoms with Crippen molar-refractivity contribution in [2.45, 2.75) is 426 Å². The summed E-state index contributed by atoms with van der Waals surface area (Å²) >= 11 is 0. The number of rotatable bonds is 60. The maximum absolute atomic E-state index is 13.4. The molecular weight excluding hydrogens is 1170 g/mol. The van der Waals surface area contributed by atoms with Gasteiger partial charge in [-0.05, 0) is 12.8 Å². The van der Waals surface area contributed by atoms with Gasteiger partial charge in [0.1, 0.15) is 73.2 Å². The Kier molecular flexibility index (Phi) is 50.6. The monoisotopic (exact) mass is 1310 g/mol. The lowest BCUT2D eigenvalue weighted by Gasteiger charge is -2.48. The van der Waals surface area contributed by atoms with E-state index in [4.69, 9.17) is 28.4 Å². The van der Waals surface area contributed by atoms with Gasteiger partial charge < -0.3 is 89.9 Å². The van der Waals surface area contributed by atoms with Crippen molar-refractivity contribution in [3.05, 3.63) is 0 Å². The van der Waals surface area contributed by atoms with Crippen molar-refractivity contribution in [2.24, 2.45) is 0 Å². The molecule has 3 saturated heterocycles. The van der Waals surface area contributed by atoms with Crippen LogP contribution in [0.4, 0.5) is 0 Å². The minimum Gasteiger partial charge on any atom is -0.394 e. The molecule has 1 amide bonds. The maximum Gasteiger partial charge on any atom is 0.220 e. The van der Waals surface area contributed by atoms with Gasteiger partial charge in [0.2, 0.25) is 5.91 Å². The number of hydrogen-bond acceptors (Lipinski definition) is 18. The number of ether oxygens (including phenoxy) is 6. The summed E-state index contributed by atoms with van der Waals surface area (Å²) in [6.45, 7) is 1.80. The lowest BCUT2D eigenvalue weighted by molar-refractivity contribution is -0.379. The first kappa shape index (κ1) is 84.0.